The number of anilines is 1. The number of rotatable bonds is 1. The van der Waals surface area contributed by atoms with Crippen molar-refractivity contribution in [3.8, 4) is 0 Å². The highest BCUT2D eigenvalue weighted by Crippen LogP contribution is 2.17. The van der Waals surface area contributed by atoms with Gasteiger partial charge in [0.05, 0.1) is 5.69 Å². The normalized spacial score (nSPS) is 16.4. The molecule has 1 aliphatic rings. The van der Waals surface area contributed by atoms with Gasteiger partial charge < -0.3 is 0 Å². The summed E-state index contributed by atoms with van der Waals surface area (Å²) in [4.78, 5) is 24.0. The smallest absolute Gasteiger partial charge is 0.275 e. The number of hydrogen-bond donors (Lipinski definition) is 1. The van der Waals surface area contributed by atoms with E-state index in [9.17, 15) is 9.59 Å². The van der Waals surface area contributed by atoms with Crippen LogP contribution in [0.5, 0.6) is 0 Å². The molecule has 6 heteroatoms. The molecule has 0 radical (unpaired) electrons. The number of likely N-dealkylation sites (N-methyl/N-ethyl adjacent to an activating group) is 1. The van der Waals surface area contributed by atoms with E-state index in [1.165, 1.54) is 7.05 Å². The second kappa shape index (κ2) is 4.28. The van der Waals surface area contributed by atoms with Crippen LogP contribution in [0.15, 0.2) is 24.3 Å². The van der Waals surface area contributed by atoms with Crippen LogP contribution in [-0.2, 0) is 4.79 Å². The molecule has 1 aliphatic heterocycles. The third-order valence-electron chi connectivity index (χ3n) is 2.32. The van der Waals surface area contributed by atoms with Gasteiger partial charge in [-0.2, -0.15) is 0 Å². The van der Waals surface area contributed by atoms with E-state index in [1.807, 2.05) is 24.3 Å². The highest BCUT2D eigenvalue weighted by atomic mass is 127. The maximum atomic E-state index is 11.5. The van der Waals surface area contributed by atoms with Gasteiger partial charge in [0.25, 0.3) is 5.91 Å². The van der Waals surface area contributed by atoms with Crippen LogP contribution in [0.1, 0.15) is 0 Å². The minimum Gasteiger partial charge on any atom is -0.275 e. The number of hydrogen-bond acceptors (Lipinski definition) is 3. The van der Waals surface area contributed by atoms with Crippen LogP contribution in [0, 0.1) is 3.57 Å². The standard InChI is InChI=1S/C10H10IN3O2/c1-13-9(15)6-14(12-10(13)16)8-4-2-3-7(11)5-8/h2-5H,6H2,1H3,(H,12,16). The number of nitrogens with one attached hydrogen (secondary N) is 1. The number of halogens is 1. The summed E-state index contributed by atoms with van der Waals surface area (Å²) in [6, 6.07) is 7.17. The molecule has 0 bridgehead atoms. The molecule has 1 aromatic carbocycles. The topological polar surface area (TPSA) is 52.7 Å². The monoisotopic (exact) mass is 331 g/mol. The Kier molecular flexibility index (Phi) is 2.99. The molecule has 0 spiro atoms. The summed E-state index contributed by atoms with van der Waals surface area (Å²) < 4.78 is 1.05. The van der Waals surface area contributed by atoms with E-state index in [0.29, 0.717) is 0 Å². The number of carbonyl (C=O) groups is 2. The van der Waals surface area contributed by atoms with Gasteiger partial charge in [-0.25, -0.2) is 10.2 Å². The van der Waals surface area contributed by atoms with Gasteiger partial charge in [0.1, 0.15) is 6.54 Å². The van der Waals surface area contributed by atoms with E-state index in [-0.39, 0.29) is 12.5 Å². The Morgan fingerprint density at radius 3 is 2.75 bits per heavy atom. The van der Waals surface area contributed by atoms with Gasteiger partial charge in [0.2, 0.25) is 0 Å². The van der Waals surface area contributed by atoms with Crippen molar-refractivity contribution in [2.45, 2.75) is 0 Å². The maximum absolute atomic E-state index is 11.5. The highest BCUT2D eigenvalue weighted by molar-refractivity contribution is 14.1. The minimum atomic E-state index is -0.407. The van der Waals surface area contributed by atoms with E-state index in [4.69, 9.17) is 0 Å². The molecule has 0 saturated carbocycles. The lowest BCUT2D eigenvalue weighted by atomic mass is 10.3. The molecule has 16 heavy (non-hydrogen) atoms. The Balaban J connectivity index is 2.23. The van der Waals surface area contributed by atoms with E-state index < -0.39 is 6.03 Å². The number of benzene rings is 1. The molecular weight excluding hydrogens is 321 g/mol. The van der Waals surface area contributed by atoms with Crippen molar-refractivity contribution < 1.29 is 9.59 Å². The molecule has 1 N–H and O–H groups in total. The van der Waals surface area contributed by atoms with Crippen molar-refractivity contribution in [2.75, 3.05) is 18.6 Å². The quantitative estimate of drug-likeness (QED) is 0.787. The van der Waals surface area contributed by atoms with Crippen molar-refractivity contribution in [1.29, 1.82) is 0 Å². The number of amides is 3. The molecule has 1 heterocycles. The minimum absolute atomic E-state index is 0.155. The zero-order valence-electron chi connectivity index (χ0n) is 8.61. The summed E-state index contributed by atoms with van der Waals surface area (Å²) in [5.74, 6) is -0.220. The zero-order chi connectivity index (χ0) is 11.7. The lowest BCUT2D eigenvalue weighted by Gasteiger charge is -2.32. The molecule has 0 aromatic heterocycles. The third kappa shape index (κ3) is 2.11. The summed E-state index contributed by atoms with van der Waals surface area (Å²) in [5.41, 5.74) is 3.44. The van der Waals surface area contributed by atoms with Gasteiger partial charge in [-0.05, 0) is 40.8 Å². The van der Waals surface area contributed by atoms with E-state index in [0.717, 1.165) is 14.2 Å². The summed E-state index contributed by atoms with van der Waals surface area (Å²) in [6.45, 7) is 0.155. The number of imide groups is 1. The van der Waals surface area contributed by atoms with Crippen molar-refractivity contribution in [1.82, 2.24) is 10.3 Å². The molecule has 1 aromatic rings. The van der Waals surface area contributed by atoms with Crippen LogP contribution in [0.2, 0.25) is 0 Å². The number of urea groups is 1. The molecule has 0 unspecified atom stereocenters. The van der Waals surface area contributed by atoms with Gasteiger partial charge in [-0.3, -0.25) is 14.7 Å². The van der Waals surface area contributed by atoms with Crippen molar-refractivity contribution in [3.63, 3.8) is 0 Å². The molecule has 2 rings (SSSR count). The van der Waals surface area contributed by atoms with Crippen molar-refractivity contribution >= 4 is 40.2 Å². The Hall–Kier alpha value is -1.31. The first-order valence-electron chi connectivity index (χ1n) is 4.68. The van der Waals surface area contributed by atoms with Crippen LogP contribution >= 0.6 is 22.6 Å². The third-order valence-corrected chi connectivity index (χ3v) is 2.99. The van der Waals surface area contributed by atoms with Crippen LogP contribution < -0.4 is 10.4 Å². The molecule has 5 nitrogen and oxygen atoms in total. The molecule has 0 aliphatic carbocycles. The van der Waals surface area contributed by atoms with E-state index in [2.05, 4.69) is 28.0 Å². The fraction of sp³-hybridized carbons (Fsp3) is 0.200. The molecule has 1 saturated heterocycles. The predicted octanol–water partition coefficient (Wildman–Crippen LogP) is 1.19. The molecular formula is C10H10IN3O2. The molecule has 1 fully saturated rings. The Bertz CT molecular complexity index is 431. The summed E-state index contributed by atoms with van der Waals surface area (Å²) in [5, 5.41) is 1.55. The zero-order valence-corrected chi connectivity index (χ0v) is 10.8. The Morgan fingerprint density at radius 2 is 2.12 bits per heavy atom. The van der Waals surface area contributed by atoms with Crippen LogP contribution in [0.3, 0.4) is 0 Å². The van der Waals surface area contributed by atoms with Crippen LogP contribution in [0.25, 0.3) is 0 Å². The second-order valence-corrected chi connectivity index (χ2v) is 4.68. The lowest BCUT2D eigenvalue weighted by molar-refractivity contribution is -0.126. The molecule has 84 valence electrons. The van der Waals surface area contributed by atoms with Gasteiger partial charge in [-0.1, -0.05) is 6.07 Å². The predicted molar refractivity (Wildman–Crippen MR) is 67.8 cm³/mol. The van der Waals surface area contributed by atoms with Gasteiger partial charge in [0.15, 0.2) is 0 Å². The summed E-state index contributed by atoms with van der Waals surface area (Å²) >= 11 is 2.18. The van der Waals surface area contributed by atoms with E-state index >= 15 is 0 Å². The Labute approximate surface area is 107 Å². The largest absolute Gasteiger partial charge is 0.342 e. The fourth-order valence-electron chi connectivity index (χ4n) is 1.38. The van der Waals surface area contributed by atoms with Crippen LogP contribution in [0.4, 0.5) is 10.5 Å². The van der Waals surface area contributed by atoms with Gasteiger partial charge in [-0.15, -0.1) is 0 Å². The maximum Gasteiger partial charge on any atom is 0.342 e. The first kappa shape index (κ1) is 11.2. The number of nitrogens with zero attached hydrogens (tertiary/aromatic N) is 2. The van der Waals surface area contributed by atoms with Crippen molar-refractivity contribution in [2.24, 2.45) is 0 Å². The average Bonchev–Trinajstić information content (AvgIpc) is 2.25. The number of hydrazine groups is 1. The van der Waals surface area contributed by atoms with E-state index in [1.54, 1.807) is 5.01 Å². The highest BCUT2D eigenvalue weighted by Gasteiger charge is 2.27. The van der Waals surface area contributed by atoms with Crippen LogP contribution in [-0.4, -0.2) is 30.4 Å². The number of carbonyl (C=O) groups excluding carboxylic acids is 2. The second-order valence-electron chi connectivity index (χ2n) is 3.44. The summed E-state index contributed by atoms with van der Waals surface area (Å²) in [7, 11) is 1.46. The van der Waals surface area contributed by atoms with Gasteiger partial charge in [0, 0.05) is 10.6 Å². The fourth-order valence-corrected chi connectivity index (χ4v) is 1.91. The lowest BCUT2D eigenvalue weighted by Crippen LogP contribution is -2.59. The van der Waals surface area contributed by atoms with Crippen molar-refractivity contribution in [3.05, 3.63) is 27.8 Å². The Morgan fingerprint density at radius 1 is 1.38 bits per heavy atom. The first-order chi connectivity index (χ1) is 7.58. The molecule has 3 amide bonds. The average molecular weight is 331 g/mol. The molecule has 0 atom stereocenters. The first-order valence-corrected chi connectivity index (χ1v) is 5.76. The summed E-state index contributed by atoms with van der Waals surface area (Å²) in [6.07, 6.45) is 0. The SMILES string of the molecule is CN1C(=O)CN(c2cccc(I)c2)NC1=O. The van der Waals surface area contributed by atoms with Gasteiger partial charge >= 0.3 is 6.03 Å².